The topological polar surface area (TPSA) is 76.3 Å². The lowest BCUT2D eigenvalue weighted by atomic mass is 10.1. The Morgan fingerprint density at radius 2 is 1.79 bits per heavy atom. The molecule has 0 fully saturated rings. The fraction of sp³-hybridized carbons (Fsp3) is 0.0714. The summed E-state index contributed by atoms with van der Waals surface area (Å²) in [5.74, 6) is -0.705. The molecule has 19 heavy (non-hydrogen) atoms. The quantitative estimate of drug-likeness (QED) is 0.620. The molecule has 3 rings (SSSR count). The predicted molar refractivity (Wildman–Crippen MR) is 71.0 cm³/mol. The number of anilines is 2. The second kappa shape index (κ2) is 3.91. The predicted octanol–water partition coefficient (Wildman–Crippen LogP) is 1.77. The summed E-state index contributed by atoms with van der Waals surface area (Å²) in [6.07, 6.45) is 1.51. The van der Waals surface area contributed by atoms with Crippen molar-refractivity contribution in [1.82, 2.24) is 4.98 Å². The van der Waals surface area contributed by atoms with Crippen LogP contribution >= 0.6 is 0 Å². The molecule has 1 aliphatic heterocycles. The maximum Gasteiger partial charge on any atom is 0.266 e. The number of imide groups is 1. The van der Waals surface area contributed by atoms with Crippen LogP contribution < -0.4 is 10.6 Å². The molecule has 0 atom stereocenters. The van der Waals surface area contributed by atoms with Crippen molar-refractivity contribution in [2.24, 2.45) is 0 Å². The van der Waals surface area contributed by atoms with E-state index in [0.717, 1.165) is 10.6 Å². The maximum absolute atomic E-state index is 12.3. The van der Waals surface area contributed by atoms with Crippen LogP contribution in [0.3, 0.4) is 0 Å². The first-order valence-corrected chi connectivity index (χ1v) is 5.79. The molecule has 5 heteroatoms. The summed E-state index contributed by atoms with van der Waals surface area (Å²) in [5.41, 5.74) is 8.11. The summed E-state index contributed by atoms with van der Waals surface area (Å²) in [6.45, 7) is 1.84. The molecular formula is C14H11N3O2. The molecule has 94 valence electrons. The van der Waals surface area contributed by atoms with Crippen LogP contribution in [0, 0.1) is 6.92 Å². The third-order valence-electron chi connectivity index (χ3n) is 3.06. The van der Waals surface area contributed by atoms with Crippen molar-refractivity contribution >= 4 is 23.2 Å². The van der Waals surface area contributed by atoms with Crippen molar-refractivity contribution in [3.63, 3.8) is 0 Å². The number of rotatable bonds is 1. The molecule has 0 bridgehead atoms. The van der Waals surface area contributed by atoms with Gasteiger partial charge in [-0.25, -0.2) is 4.90 Å². The molecule has 0 unspecified atom stereocenters. The van der Waals surface area contributed by atoms with E-state index in [9.17, 15) is 9.59 Å². The summed E-state index contributed by atoms with van der Waals surface area (Å²) in [7, 11) is 0. The van der Waals surface area contributed by atoms with Crippen LogP contribution in [0.5, 0.6) is 0 Å². The van der Waals surface area contributed by atoms with Crippen molar-refractivity contribution in [1.29, 1.82) is 0 Å². The van der Waals surface area contributed by atoms with Gasteiger partial charge in [-0.05, 0) is 37.3 Å². The molecular weight excluding hydrogens is 242 g/mol. The summed E-state index contributed by atoms with van der Waals surface area (Å²) in [5, 5.41) is 0. The highest BCUT2D eigenvalue weighted by molar-refractivity contribution is 6.34. The summed E-state index contributed by atoms with van der Waals surface area (Å²) >= 11 is 0. The number of carbonyl (C=O) groups is 2. The van der Waals surface area contributed by atoms with Crippen molar-refractivity contribution in [2.75, 3.05) is 10.6 Å². The van der Waals surface area contributed by atoms with E-state index in [1.807, 2.05) is 6.92 Å². The van der Waals surface area contributed by atoms with Crippen molar-refractivity contribution in [2.45, 2.75) is 6.92 Å². The zero-order chi connectivity index (χ0) is 13.6. The van der Waals surface area contributed by atoms with E-state index < -0.39 is 0 Å². The van der Waals surface area contributed by atoms with Gasteiger partial charge in [-0.3, -0.25) is 14.6 Å². The van der Waals surface area contributed by atoms with E-state index in [4.69, 9.17) is 5.73 Å². The number of benzene rings is 1. The van der Waals surface area contributed by atoms with Gasteiger partial charge in [0.1, 0.15) is 0 Å². The fourth-order valence-electron chi connectivity index (χ4n) is 2.09. The van der Waals surface area contributed by atoms with Crippen LogP contribution in [0.1, 0.15) is 26.4 Å². The number of hydrogen-bond acceptors (Lipinski definition) is 4. The van der Waals surface area contributed by atoms with Gasteiger partial charge < -0.3 is 5.73 Å². The number of fused-ring (bicyclic) bond motifs is 1. The number of nitrogens with two attached hydrogens (primary N) is 1. The molecule has 1 aromatic carbocycles. The lowest BCUT2D eigenvalue weighted by Gasteiger charge is -2.13. The Morgan fingerprint density at radius 1 is 1.05 bits per heavy atom. The first kappa shape index (κ1) is 11.4. The van der Waals surface area contributed by atoms with E-state index in [-0.39, 0.29) is 11.8 Å². The van der Waals surface area contributed by atoms with Crippen LogP contribution in [0.25, 0.3) is 0 Å². The van der Waals surface area contributed by atoms with Crippen LogP contribution in [0.2, 0.25) is 0 Å². The first-order valence-electron chi connectivity index (χ1n) is 5.79. The SMILES string of the molecule is Cc1ccc(N2C(=O)c3ccc(N)cc3C2=O)cn1. The van der Waals surface area contributed by atoms with Gasteiger partial charge in [-0.2, -0.15) is 0 Å². The highest BCUT2D eigenvalue weighted by atomic mass is 16.2. The zero-order valence-electron chi connectivity index (χ0n) is 10.3. The molecule has 0 radical (unpaired) electrons. The molecule has 0 aliphatic carbocycles. The Morgan fingerprint density at radius 3 is 2.47 bits per heavy atom. The largest absolute Gasteiger partial charge is 0.399 e. The standard InChI is InChI=1S/C14H11N3O2/c1-8-2-4-10(7-16-8)17-13(18)11-5-3-9(15)6-12(11)14(17)19/h2-7H,15H2,1H3. The van der Waals surface area contributed by atoms with Crippen LogP contribution in [-0.4, -0.2) is 16.8 Å². The average molecular weight is 253 g/mol. The molecule has 2 heterocycles. The number of amides is 2. The molecule has 1 aromatic heterocycles. The average Bonchev–Trinajstić information content (AvgIpc) is 2.63. The van der Waals surface area contributed by atoms with Gasteiger partial charge in [0.05, 0.1) is 23.0 Å². The van der Waals surface area contributed by atoms with E-state index >= 15 is 0 Å². The second-order valence-electron chi connectivity index (χ2n) is 4.41. The van der Waals surface area contributed by atoms with Gasteiger partial charge in [0, 0.05) is 11.4 Å². The fourth-order valence-corrected chi connectivity index (χ4v) is 2.09. The number of pyridine rings is 1. The van der Waals surface area contributed by atoms with E-state index in [0.29, 0.717) is 22.5 Å². The molecule has 2 amide bonds. The summed E-state index contributed by atoms with van der Waals surface area (Å²) in [6, 6.07) is 8.17. The zero-order valence-corrected chi connectivity index (χ0v) is 10.3. The van der Waals surface area contributed by atoms with Crippen LogP contribution in [0.4, 0.5) is 11.4 Å². The highest BCUT2D eigenvalue weighted by Gasteiger charge is 2.36. The minimum Gasteiger partial charge on any atom is -0.399 e. The summed E-state index contributed by atoms with van der Waals surface area (Å²) < 4.78 is 0. The molecule has 0 saturated carbocycles. The second-order valence-corrected chi connectivity index (χ2v) is 4.41. The third kappa shape index (κ3) is 1.67. The number of aromatic nitrogens is 1. The van der Waals surface area contributed by atoms with Crippen molar-refractivity contribution in [3.05, 3.63) is 53.3 Å². The van der Waals surface area contributed by atoms with E-state index in [2.05, 4.69) is 4.98 Å². The molecule has 2 N–H and O–H groups in total. The normalized spacial score (nSPS) is 13.8. The molecule has 2 aromatic rings. The Kier molecular flexibility index (Phi) is 2.35. The minimum absolute atomic E-state index is 0.338. The number of nitrogen functional groups attached to an aromatic ring is 1. The number of aryl methyl sites for hydroxylation is 1. The number of nitrogens with zero attached hydrogens (tertiary/aromatic N) is 2. The lowest BCUT2D eigenvalue weighted by molar-refractivity contribution is 0.0926. The van der Waals surface area contributed by atoms with Crippen LogP contribution in [0.15, 0.2) is 36.5 Å². The van der Waals surface area contributed by atoms with Gasteiger partial charge in [-0.1, -0.05) is 0 Å². The van der Waals surface area contributed by atoms with Crippen molar-refractivity contribution in [3.8, 4) is 0 Å². The Balaban J connectivity index is 2.10. The van der Waals surface area contributed by atoms with Crippen LogP contribution in [-0.2, 0) is 0 Å². The first-order chi connectivity index (χ1) is 9.08. The Hall–Kier alpha value is -2.69. The number of hydrogen-bond donors (Lipinski definition) is 1. The van der Waals surface area contributed by atoms with Gasteiger partial charge in [0.15, 0.2) is 0 Å². The Bertz CT molecular complexity index is 692. The monoisotopic (exact) mass is 253 g/mol. The Labute approximate surface area is 109 Å². The van der Waals surface area contributed by atoms with Crippen molar-refractivity contribution < 1.29 is 9.59 Å². The van der Waals surface area contributed by atoms with Gasteiger partial charge in [0.25, 0.3) is 11.8 Å². The van der Waals surface area contributed by atoms with Gasteiger partial charge >= 0.3 is 0 Å². The van der Waals surface area contributed by atoms with E-state index in [1.54, 1.807) is 24.3 Å². The summed E-state index contributed by atoms with van der Waals surface area (Å²) in [4.78, 5) is 29.7. The molecule has 0 spiro atoms. The number of carbonyl (C=O) groups excluding carboxylic acids is 2. The smallest absolute Gasteiger partial charge is 0.266 e. The molecule has 0 saturated heterocycles. The highest BCUT2D eigenvalue weighted by Crippen LogP contribution is 2.29. The third-order valence-corrected chi connectivity index (χ3v) is 3.06. The van der Waals surface area contributed by atoms with Gasteiger partial charge in [-0.15, -0.1) is 0 Å². The van der Waals surface area contributed by atoms with Gasteiger partial charge in [0.2, 0.25) is 0 Å². The lowest BCUT2D eigenvalue weighted by Crippen LogP contribution is -2.29. The molecule has 5 nitrogen and oxygen atoms in total. The molecule has 1 aliphatic rings. The minimum atomic E-state index is -0.363. The van der Waals surface area contributed by atoms with E-state index in [1.165, 1.54) is 12.3 Å². The maximum atomic E-state index is 12.3.